The Labute approximate surface area is 190 Å². The highest BCUT2D eigenvalue weighted by molar-refractivity contribution is 6.36. The molecule has 31 heavy (non-hydrogen) atoms. The van der Waals surface area contributed by atoms with E-state index in [0.29, 0.717) is 21.6 Å². The second kappa shape index (κ2) is 9.65. The minimum Gasteiger partial charge on any atom is -0.457 e. The summed E-state index contributed by atoms with van der Waals surface area (Å²) in [6, 6.07) is 20.5. The molecule has 4 aromatic rings. The van der Waals surface area contributed by atoms with Gasteiger partial charge in [-0.2, -0.15) is 0 Å². The summed E-state index contributed by atoms with van der Waals surface area (Å²) < 4.78 is 5.76. The highest BCUT2D eigenvalue weighted by Crippen LogP contribution is 2.31. The highest BCUT2D eigenvalue weighted by atomic mass is 35.5. The standard InChI is InChI=1S/C25H18Cl2N2O2/c26-19-3-8-22(23(27)16-19)24-9-6-21(31-24)7-10-25(30)29-20-4-1-17(2-5-20)15-18-11-13-28-14-12-18/h1-14,16H,15H2,(H,29,30)/b10-7+. The fraction of sp³-hybridized carbons (Fsp3) is 0.0400. The minimum absolute atomic E-state index is 0.246. The van der Waals surface area contributed by atoms with Crippen LogP contribution in [0.3, 0.4) is 0 Å². The minimum atomic E-state index is -0.246. The Morgan fingerprint density at radius 2 is 1.68 bits per heavy atom. The second-order valence-corrected chi connectivity index (χ2v) is 7.72. The molecule has 0 aliphatic carbocycles. The van der Waals surface area contributed by atoms with Gasteiger partial charge in [-0.05, 0) is 78.2 Å². The number of pyridine rings is 1. The van der Waals surface area contributed by atoms with Gasteiger partial charge < -0.3 is 9.73 Å². The number of rotatable bonds is 6. The number of carbonyl (C=O) groups excluding carboxylic acids is 1. The van der Waals surface area contributed by atoms with Crippen LogP contribution in [0.1, 0.15) is 16.9 Å². The summed E-state index contributed by atoms with van der Waals surface area (Å²) in [6.45, 7) is 0. The first kappa shape index (κ1) is 20.9. The summed E-state index contributed by atoms with van der Waals surface area (Å²) >= 11 is 12.2. The molecule has 1 N–H and O–H groups in total. The van der Waals surface area contributed by atoms with Crippen molar-refractivity contribution in [1.82, 2.24) is 4.98 Å². The Kier molecular flexibility index (Phi) is 6.51. The van der Waals surface area contributed by atoms with Gasteiger partial charge in [0.1, 0.15) is 11.5 Å². The zero-order valence-electron chi connectivity index (χ0n) is 16.4. The average molecular weight is 449 g/mol. The van der Waals surface area contributed by atoms with Gasteiger partial charge in [-0.15, -0.1) is 0 Å². The summed E-state index contributed by atoms with van der Waals surface area (Å²) in [7, 11) is 0. The molecule has 6 heteroatoms. The molecule has 4 nitrogen and oxygen atoms in total. The van der Waals surface area contributed by atoms with Crippen LogP contribution in [0, 0.1) is 0 Å². The fourth-order valence-corrected chi connectivity index (χ4v) is 3.56. The lowest BCUT2D eigenvalue weighted by molar-refractivity contribution is -0.111. The van der Waals surface area contributed by atoms with E-state index in [9.17, 15) is 4.79 Å². The molecule has 0 saturated carbocycles. The molecule has 4 rings (SSSR count). The monoisotopic (exact) mass is 448 g/mol. The SMILES string of the molecule is O=C(/C=C/c1ccc(-c2ccc(Cl)cc2Cl)o1)Nc1ccc(Cc2ccncc2)cc1. The van der Waals surface area contributed by atoms with Crippen LogP contribution in [0.5, 0.6) is 0 Å². The molecular formula is C25H18Cl2N2O2. The van der Waals surface area contributed by atoms with Crippen molar-refractivity contribution in [3.05, 3.63) is 112 Å². The van der Waals surface area contributed by atoms with Crippen molar-refractivity contribution in [2.45, 2.75) is 6.42 Å². The summed E-state index contributed by atoms with van der Waals surface area (Å²) in [5.74, 6) is 0.903. The third-order valence-electron chi connectivity index (χ3n) is 4.60. The summed E-state index contributed by atoms with van der Waals surface area (Å²) in [5, 5.41) is 3.90. The molecule has 154 valence electrons. The highest BCUT2D eigenvalue weighted by Gasteiger charge is 2.08. The van der Waals surface area contributed by atoms with Gasteiger partial charge in [-0.3, -0.25) is 9.78 Å². The van der Waals surface area contributed by atoms with E-state index in [1.165, 1.54) is 11.6 Å². The van der Waals surface area contributed by atoms with Gasteiger partial charge in [0, 0.05) is 34.7 Å². The Morgan fingerprint density at radius 1 is 0.935 bits per heavy atom. The van der Waals surface area contributed by atoms with Crippen molar-refractivity contribution in [3.63, 3.8) is 0 Å². The van der Waals surface area contributed by atoms with Gasteiger partial charge in [0.05, 0.1) is 5.02 Å². The number of anilines is 1. The van der Waals surface area contributed by atoms with Crippen molar-refractivity contribution in [3.8, 4) is 11.3 Å². The smallest absolute Gasteiger partial charge is 0.248 e. The number of furan rings is 1. The largest absolute Gasteiger partial charge is 0.457 e. The first-order valence-corrected chi connectivity index (χ1v) is 10.3. The zero-order chi connectivity index (χ0) is 21.6. The van der Waals surface area contributed by atoms with E-state index in [-0.39, 0.29) is 5.91 Å². The molecule has 2 aromatic carbocycles. The van der Waals surface area contributed by atoms with Crippen LogP contribution in [0.25, 0.3) is 17.4 Å². The summed E-state index contributed by atoms with van der Waals surface area (Å²) in [5.41, 5.74) is 3.80. The maximum atomic E-state index is 12.2. The zero-order valence-corrected chi connectivity index (χ0v) is 17.9. The van der Waals surface area contributed by atoms with Crippen LogP contribution in [0.2, 0.25) is 10.0 Å². The first-order valence-electron chi connectivity index (χ1n) is 9.59. The van der Waals surface area contributed by atoms with Crippen LogP contribution in [0.4, 0.5) is 5.69 Å². The number of benzene rings is 2. The topological polar surface area (TPSA) is 55.1 Å². The number of nitrogens with zero attached hydrogens (tertiary/aromatic N) is 1. The van der Waals surface area contributed by atoms with Gasteiger partial charge in [0.15, 0.2) is 0 Å². The van der Waals surface area contributed by atoms with Gasteiger partial charge in [-0.25, -0.2) is 0 Å². The number of carbonyl (C=O) groups is 1. The number of hydrogen-bond acceptors (Lipinski definition) is 3. The molecule has 0 aliphatic rings. The van der Waals surface area contributed by atoms with Crippen molar-refractivity contribution < 1.29 is 9.21 Å². The summed E-state index contributed by atoms with van der Waals surface area (Å²) in [6.07, 6.45) is 7.41. The lowest BCUT2D eigenvalue weighted by Gasteiger charge is -2.05. The summed E-state index contributed by atoms with van der Waals surface area (Å²) in [4.78, 5) is 16.3. The Balaban J connectivity index is 1.36. The predicted octanol–water partition coefficient (Wildman–Crippen LogP) is 6.89. The van der Waals surface area contributed by atoms with E-state index >= 15 is 0 Å². The molecular weight excluding hydrogens is 431 g/mol. The predicted molar refractivity (Wildman–Crippen MR) is 125 cm³/mol. The van der Waals surface area contributed by atoms with Crippen molar-refractivity contribution >= 4 is 40.9 Å². The maximum absolute atomic E-state index is 12.2. The number of hydrogen-bond donors (Lipinski definition) is 1. The van der Waals surface area contributed by atoms with Crippen molar-refractivity contribution in [2.75, 3.05) is 5.32 Å². The molecule has 2 heterocycles. The fourth-order valence-electron chi connectivity index (χ4n) is 3.06. The Bertz CT molecular complexity index is 1220. The van der Waals surface area contributed by atoms with Crippen molar-refractivity contribution in [2.24, 2.45) is 0 Å². The maximum Gasteiger partial charge on any atom is 0.248 e. The Morgan fingerprint density at radius 3 is 2.42 bits per heavy atom. The molecule has 0 saturated heterocycles. The van der Waals surface area contributed by atoms with Gasteiger partial charge in [0.2, 0.25) is 5.91 Å². The average Bonchev–Trinajstić information content (AvgIpc) is 3.23. The van der Waals surface area contributed by atoms with Gasteiger partial charge >= 0.3 is 0 Å². The van der Waals surface area contributed by atoms with Crippen molar-refractivity contribution in [1.29, 1.82) is 0 Å². The quantitative estimate of drug-likeness (QED) is 0.326. The third-order valence-corrected chi connectivity index (χ3v) is 5.15. The van der Waals surface area contributed by atoms with Gasteiger partial charge in [-0.1, -0.05) is 35.3 Å². The molecule has 2 aromatic heterocycles. The van der Waals surface area contributed by atoms with E-state index in [1.807, 2.05) is 36.4 Å². The molecule has 1 amide bonds. The van der Waals surface area contributed by atoms with Gasteiger partial charge in [0.25, 0.3) is 0 Å². The van der Waals surface area contributed by atoms with Crippen LogP contribution in [-0.2, 0) is 11.2 Å². The second-order valence-electron chi connectivity index (χ2n) is 6.88. The van der Waals surface area contributed by atoms with Crippen LogP contribution in [0.15, 0.2) is 89.6 Å². The molecule has 0 unspecified atom stereocenters. The van der Waals surface area contributed by atoms with E-state index in [0.717, 1.165) is 23.2 Å². The third kappa shape index (κ3) is 5.63. The molecule has 0 atom stereocenters. The van der Waals surface area contributed by atoms with E-state index in [1.54, 1.807) is 48.8 Å². The molecule has 0 spiro atoms. The molecule has 0 aliphatic heterocycles. The van der Waals surface area contributed by atoms with E-state index < -0.39 is 0 Å². The molecule has 0 radical (unpaired) electrons. The van der Waals surface area contributed by atoms with Crippen LogP contribution in [-0.4, -0.2) is 10.9 Å². The van der Waals surface area contributed by atoms with E-state index in [4.69, 9.17) is 27.6 Å². The van der Waals surface area contributed by atoms with Crippen LogP contribution >= 0.6 is 23.2 Å². The lowest BCUT2D eigenvalue weighted by atomic mass is 10.1. The van der Waals surface area contributed by atoms with Crippen LogP contribution < -0.4 is 5.32 Å². The number of aromatic nitrogens is 1. The molecule has 0 bridgehead atoms. The number of amides is 1. The number of halogens is 2. The van der Waals surface area contributed by atoms with E-state index in [2.05, 4.69) is 10.3 Å². The Hall–Kier alpha value is -3.34. The first-order chi connectivity index (χ1) is 15.1. The molecule has 0 fully saturated rings. The normalized spacial score (nSPS) is 11.0. The number of nitrogens with one attached hydrogen (secondary N) is 1. The lowest BCUT2D eigenvalue weighted by Crippen LogP contribution is -2.07.